The maximum atomic E-state index is 11.9. The molecule has 1 N–H and O–H groups in total. The maximum Gasteiger partial charge on any atom is 0.228 e. The van der Waals surface area contributed by atoms with E-state index in [9.17, 15) is 4.79 Å². The molecule has 1 aromatic heterocycles. The van der Waals surface area contributed by atoms with Gasteiger partial charge in [-0.2, -0.15) is 11.3 Å². The lowest BCUT2D eigenvalue weighted by Gasteiger charge is -2.11. The van der Waals surface area contributed by atoms with Crippen molar-refractivity contribution in [2.45, 2.75) is 11.3 Å². The summed E-state index contributed by atoms with van der Waals surface area (Å²) in [6.07, 6.45) is 2.39. The molecule has 19 heavy (non-hydrogen) atoms. The third-order valence-corrected chi connectivity index (χ3v) is 4.08. The first-order valence-corrected chi connectivity index (χ1v) is 7.92. The lowest BCUT2D eigenvalue weighted by atomic mass is 10.2. The number of carbonyl (C=O) groups excluding carboxylic acids is 1. The Kier molecular flexibility index (Phi) is 4.87. The Labute approximate surface area is 121 Å². The lowest BCUT2D eigenvalue weighted by molar-refractivity contribution is -0.115. The van der Waals surface area contributed by atoms with Crippen LogP contribution in [0.15, 0.2) is 39.9 Å². The number of hydrogen-bond acceptors (Lipinski definition) is 4. The Morgan fingerprint density at radius 1 is 1.42 bits per heavy atom. The fourth-order valence-electron chi connectivity index (χ4n) is 1.67. The Balaban J connectivity index is 2.07. The third kappa shape index (κ3) is 3.75. The highest BCUT2D eigenvalue weighted by Crippen LogP contribution is 2.29. The zero-order valence-corrected chi connectivity index (χ0v) is 12.4. The van der Waals surface area contributed by atoms with Crippen molar-refractivity contribution in [2.24, 2.45) is 0 Å². The van der Waals surface area contributed by atoms with Gasteiger partial charge in [-0.05, 0) is 46.8 Å². The summed E-state index contributed by atoms with van der Waals surface area (Å²) in [5.41, 5.74) is 1.74. The number of benzene rings is 1. The summed E-state index contributed by atoms with van der Waals surface area (Å²) in [7, 11) is 1.61. The average Bonchev–Trinajstić information content (AvgIpc) is 2.91. The molecule has 0 aliphatic heterocycles. The van der Waals surface area contributed by atoms with Gasteiger partial charge in [-0.3, -0.25) is 4.79 Å². The fourth-order valence-corrected chi connectivity index (χ4v) is 2.77. The molecule has 1 heterocycles. The molecule has 2 rings (SSSR count). The second kappa shape index (κ2) is 6.63. The van der Waals surface area contributed by atoms with E-state index < -0.39 is 0 Å². The topological polar surface area (TPSA) is 38.3 Å². The minimum atomic E-state index is -0.0337. The van der Waals surface area contributed by atoms with Crippen molar-refractivity contribution in [2.75, 3.05) is 18.7 Å². The van der Waals surface area contributed by atoms with E-state index in [1.807, 2.05) is 41.3 Å². The number of methoxy groups -OCH3 is 1. The van der Waals surface area contributed by atoms with E-state index in [1.54, 1.807) is 30.2 Å². The molecule has 0 atom stereocenters. The second-order valence-corrected chi connectivity index (χ2v) is 5.58. The van der Waals surface area contributed by atoms with Crippen LogP contribution in [0.1, 0.15) is 5.56 Å². The first kappa shape index (κ1) is 14.0. The van der Waals surface area contributed by atoms with Crippen molar-refractivity contribution >= 4 is 34.7 Å². The first-order chi connectivity index (χ1) is 9.22. The van der Waals surface area contributed by atoms with Gasteiger partial charge in [0.15, 0.2) is 0 Å². The summed E-state index contributed by atoms with van der Waals surface area (Å²) in [5, 5.41) is 6.83. The Hall–Kier alpha value is -1.46. The number of rotatable bonds is 5. The number of nitrogens with one attached hydrogen (secondary N) is 1. The summed E-state index contributed by atoms with van der Waals surface area (Å²) in [6.45, 7) is 0. The van der Waals surface area contributed by atoms with Crippen LogP contribution in [0.25, 0.3) is 0 Å². The Morgan fingerprint density at radius 2 is 2.26 bits per heavy atom. The number of amides is 1. The van der Waals surface area contributed by atoms with Gasteiger partial charge in [0, 0.05) is 4.90 Å². The van der Waals surface area contributed by atoms with Gasteiger partial charge in [0.25, 0.3) is 0 Å². The molecule has 0 unspecified atom stereocenters. The quantitative estimate of drug-likeness (QED) is 0.855. The van der Waals surface area contributed by atoms with Crippen molar-refractivity contribution in [3.8, 4) is 5.75 Å². The lowest BCUT2D eigenvalue weighted by Crippen LogP contribution is -2.14. The predicted octanol–water partition coefficient (Wildman–Crippen LogP) is 3.66. The van der Waals surface area contributed by atoms with Crippen LogP contribution in [-0.2, 0) is 11.2 Å². The summed E-state index contributed by atoms with van der Waals surface area (Å²) < 4.78 is 5.30. The van der Waals surface area contributed by atoms with Crippen molar-refractivity contribution in [1.82, 2.24) is 0 Å². The van der Waals surface area contributed by atoms with Gasteiger partial charge in [0.2, 0.25) is 5.91 Å². The highest BCUT2D eigenvalue weighted by molar-refractivity contribution is 7.98. The summed E-state index contributed by atoms with van der Waals surface area (Å²) in [6, 6.07) is 7.72. The van der Waals surface area contributed by atoms with Crippen molar-refractivity contribution < 1.29 is 9.53 Å². The van der Waals surface area contributed by atoms with Gasteiger partial charge < -0.3 is 10.1 Å². The van der Waals surface area contributed by atoms with Crippen LogP contribution in [-0.4, -0.2) is 19.3 Å². The van der Waals surface area contributed by atoms with Gasteiger partial charge in [-0.25, -0.2) is 0 Å². The van der Waals surface area contributed by atoms with Crippen LogP contribution in [0.5, 0.6) is 5.75 Å². The second-order valence-electron chi connectivity index (χ2n) is 3.92. The molecule has 3 nitrogen and oxygen atoms in total. The van der Waals surface area contributed by atoms with Crippen LogP contribution in [0.4, 0.5) is 5.69 Å². The van der Waals surface area contributed by atoms with Crippen LogP contribution >= 0.6 is 23.1 Å². The van der Waals surface area contributed by atoms with E-state index in [-0.39, 0.29) is 5.91 Å². The Morgan fingerprint density at radius 3 is 2.89 bits per heavy atom. The van der Waals surface area contributed by atoms with E-state index in [0.717, 1.165) is 10.5 Å². The minimum absolute atomic E-state index is 0.0337. The van der Waals surface area contributed by atoms with Crippen LogP contribution in [0, 0.1) is 0 Å². The van der Waals surface area contributed by atoms with E-state index >= 15 is 0 Å². The largest absolute Gasteiger partial charge is 0.495 e. The molecule has 0 saturated carbocycles. The van der Waals surface area contributed by atoms with Gasteiger partial charge in [0.05, 0.1) is 19.2 Å². The zero-order valence-electron chi connectivity index (χ0n) is 10.8. The molecule has 0 aliphatic rings. The maximum absolute atomic E-state index is 11.9. The van der Waals surface area contributed by atoms with Gasteiger partial charge >= 0.3 is 0 Å². The molecule has 100 valence electrons. The first-order valence-electron chi connectivity index (χ1n) is 5.76. The molecular weight excluding hydrogens is 278 g/mol. The van der Waals surface area contributed by atoms with Gasteiger partial charge in [-0.15, -0.1) is 11.8 Å². The number of thiophene rings is 1. The number of ether oxygens (including phenoxy) is 1. The normalized spacial score (nSPS) is 10.2. The average molecular weight is 293 g/mol. The highest BCUT2D eigenvalue weighted by atomic mass is 32.2. The number of carbonyl (C=O) groups is 1. The highest BCUT2D eigenvalue weighted by Gasteiger charge is 2.09. The molecule has 5 heteroatoms. The van der Waals surface area contributed by atoms with E-state index in [4.69, 9.17) is 4.74 Å². The van der Waals surface area contributed by atoms with Crippen molar-refractivity contribution in [3.05, 3.63) is 40.6 Å². The van der Waals surface area contributed by atoms with Crippen molar-refractivity contribution in [1.29, 1.82) is 0 Å². The molecule has 0 spiro atoms. The molecule has 2 aromatic rings. The van der Waals surface area contributed by atoms with E-state index in [1.165, 1.54) is 0 Å². The SMILES string of the molecule is COc1cc(SC)ccc1NC(=O)Cc1ccsc1. The third-order valence-electron chi connectivity index (χ3n) is 2.63. The van der Waals surface area contributed by atoms with Gasteiger partial charge in [-0.1, -0.05) is 0 Å². The van der Waals surface area contributed by atoms with Gasteiger partial charge in [0.1, 0.15) is 5.75 Å². The molecule has 0 saturated heterocycles. The molecule has 1 amide bonds. The zero-order chi connectivity index (χ0) is 13.7. The molecule has 0 radical (unpaired) electrons. The molecule has 0 bridgehead atoms. The molecule has 1 aromatic carbocycles. The summed E-state index contributed by atoms with van der Waals surface area (Å²) in [5.74, 6) is 0.652. The predicted molar refractivity (Wildman–Crippen MR) is 81.4 cm³/mol. The minimum Gasteiger partial charge on any atom is -0.495 e. The monoisotopic (exact) mass is 293 g/mol. The molecular formula is C14H15NO2S2. The van der Waals surface area contributed by atoms with E-state index in [2.05, 4.69) is 5.32 Å². The summed E-state index contributed by atoms with van der Waals surface area (Å²) >= 11 is 3.23. The number of thioether (sulfide) groups is 1. The standard InChI is InChI=1S/C14H15NO2S2/c1-17-13-8-11(18-2)3-4-12(13)15-14(16)7-10-5-6-19-9-10/h3-6,8-9H,7H2,1-2H3,(H,15,16). The van der Waals surface area contributed by atoms with Crippen LogP contribution in [0.2, 0.25) is 0 Å². The summed E-state index contributed by atoms with van der Waals surface area (Å²) in [4.78, 5) is 13.0. The fraction of sp³-hybridized carbons (Fsp3) is 0.214. The van der Waals surface area contributed by atoms with E-state index in [0.29, 0.717) is 17.9 Å². The molecule has 0 aliphatic carbocycles. The van der Waals surface area contributed by atoms with Crippen molar-refractivity contribution in [3.63, 3.8) is 0 Å². The number of anilines is 1. The smallest absolute Gasteiger partial charge is 0.228 e. The van der Waals surface area contributed by atoms with Crippen LogP contribution in [0.3, 0.4) is 0 Å². The Bertz CT molecular complexity index is 553. The number of hydrogen-bond donors (Lipinski definition) is 1. The molecule has 0 fully saturated rings. The van der Waals surface area contributed by atoms with Crippen LogP contribution < -0.4 is 10.1 Å².